The third-order valence-electron chi connectivity index (χ3n) is 3.67. The van der Waals surface area contributed by atoms with E-state index >= 15 is 0 Å². The molecule has 0 radical (unpaired) electrons. The molecule has 22 heavy (non-hydrogen) atoms. The third kappa shape index (κ3) is 3.78. The van der Waals surface area contributed by atoms with E-state index in [9.17, 15) is 9.90 Å². The van der Waals surface area contributed by atoms with Gasteiger partial charge < -0.3 is 9.67 Å². The number of pyridine rings is 1. The Morgan fingerprint density at radius 2 is 2.05 bits per heavy atom. The molecule has 1 aromatic carbocycles. The van der Waals surface area contributed by atoms with E-state index in [0.29, 0.717) is 19.6 Å². The van der Waals surface area contributed by atoms with Crippen LogP contribution in [-0.2, 0) is 20.1 Å². The van der Waals surface area contributed by atoms with Crippen LogP contribution in [0.1, 0.15) is 16.8 Å². The Labute approximate surface area is 130 Å². The van der Waals surface area contributed by atoms with Crippen LogP contribution >= 0.6 is 0 Å². The Balaban J connectivity index is 2.23. The lowest BCUT2D eigenvalue weighted by molar-refractivity contribution is 0.282. The van der Waals surface area contributed by atoms with Crippen LogP contribution in [0.5, 0.6) is 5.75 Å². The molecule has 0 fully saturated rings. The Bertz CT molecular complexity index is 756. The number of hydrogen-bond donors (Lipinski definition) is 1. The maximum atomic E-state index is 11.6. The van der Waals surface area contributed by atoms with E-state index in [1.165, 1.54) is 23.4 Å². The molecule has 2 aromatic rings. The van der Waals surface area contributed by atoms with Gasteiger partial charge in [-0.15, -0.1) is 6.42 Å². The minimum atomic E-state index is -0.371. The third-order valence-corrected chi connectivity index (χ3v) is 3.67. The molecule has 0 saturated heterocycles. The molecule has 0 aliphatic heterocycles. The predicted octanol–water partition coefficient (Wildman–Crippen LogP) is 2.03. The normalized spacial score (nSPS) is 10.6. The molecule has 4 nitrogen and oxygen atoms in total. The summed E-state index contributed by atoms with van der Waals surface area (Å²) in [7, 11) is 1.80. The molecule has 0 bridgehead atoms. The van der Waals surface area contributed by atoms with Crippen molar-refractivity contribution >= 4 is 0 Å². The molecule has 0 saturated carbocycles. The number of rotatable bonds is 5. The van der Waals surface area contributed by atoms with Gasteiger partial charge >= 0.3 is 0 Å². The summed E-state index contributed by atoms with van der Waals surface area (Å²) in [5.41, 5.74) is 2.86. The van der Waals surface area contributed by atoms with Crippen molar-refractivity contribution in [1.29, 1.82) is 0 Å². The average molecular weight is 296 g/mol. The largest absolute Gasteiger partial charge is 0.503 e. The Morgan fingerprint density at radius 3 is 2.73 bits per heavy atom. The van der Waals surface area contributed by atoms with Crippen LogP contribution in [0.4, 0.5) is 0 Å². The first kappa shape index (κ1) is 15.9. The number of nitrogens with zero attached hydrogens (tertiary/aromatic N) is 2. The highest BCUT2D eigenvalue weighted by molar-refractivity contribution is 5.26. The van der Waals surface area contributed by atoms with Gasteiger partial charge in [0.1, 0.15) is 0 Å². The first-order valence-electron chi connectivity index (χ1n) is 7.10. The lowest BCUT2D eigenvalue weighted by atomic mass is 10.1. The molecule has 0 aliphatic carbocycles. The van der Waals surface area contributed by atoms with E-state index in [2.05, 4.69) is 29.9 Å². The lowest BCUT2D eigenvalue weighted by Gasteiger charge is -2.22. The van der Waals surface area contributed by atoms with Crippen LogP contribution in [-0.4, -0.2) is 21.1 Å². The van der Waals surface area contributed by atoms with Crippen molar-refractivity contribution in [2.75, 3.05) is 6.54 Å². The second-order valence-corrected chi connectivity index (χ2v) is 5.40. The predicted molar refractivity (Wildman–Crippen MR) is 87.5 cm³/mol. The highest BCUT2D eigenvalue weighted by Crippen LogP contribution is 2.13. The van der Waals surface area contributed by atoms with Gasteiger partial charge in [-0.3, -0.25) is 9.69 Å². The van der Waals surface area contributed by atoms with Crippen molar-refractivity contribution in [2.24, 2.45) is 7.05 Å². The highest BCUT2D eigenvalue weighted by atomic mass is 16.3. The monoisotopic (exact) mass is 296 g/mol. The zero-order valence-corrected chi connectivity index (χ0v) is 12.9. The van der Waals surface area contributed by atoms with Crippen molar-refractivity contribution in [3.8, 4) is 18.1 Å². The van der Waals surface area contributed by atoms with Gasteiger partial charge in [0.25, 0.3) is 0 Å². The van der Waals surface area contributed by atoms with Crippen LogP contribution < -0.4 is 5.43 Å². The molecule has 1 N–H and O–H groups in total. The summed E-state index contributed by atoms with van der Waals surface area (Å²) in [6.07, 6.45) is 6.90. The minimum Gasteiger partial charge on any atom is -0.503 e. The average Bonchev–Trinajstić information content (AvgIpc) is 2.47. The van der Waals surface area contributed by atoms with E-state index in [1.807, 2.05) is 12.1 Å². The number of aromatic hydroxyl groups is 1. The zero-order chi connectivity index (χ0) is 16.1. The van der Waals surface area contributed by atoms with Crippen LogP contribution in [0.25, 0.3) is 0 Å². The molecule has 2 rings (SSSR count). The quantitative estimate of drug-likeness (QED) is 0.859. The smallest absolute Gasteiger partial charge is 0.223 e. The second kappa shape index (κ2) is 6.97. The first-order chi connectivity index (χ1) is 10.5. The van der Waals surface area contributed by atoms with Crippen molar-refractivity contribution in [2.45, 2.75) is 20.0 Å². The van der Waals surface area contributed by atoms with Crippen molar-refractivity contribution in [3.05, 3.63) is 63.6 Å². The molecule has 114 valence electrons. The molecular formula is C18H20N2O2. The fourth-order valence-electron chi connectivity index (χ4n) is 2.37. The van der Waals surface area contributed by atoms with Gasteiger partial charge in [0.2, 0.25) is 5.43 Å². The van der Waals surface area contributed by atoms with E-state index in [-0.39, 0.29) is 11.2 Å². The fraction of sp³-hybridized carbons (Fsp3) is 0.278. The minimum absolute atomic E-state index is 0.242. The lowest BCUT2D eigenvalue weighted by Crippen LogP contribution is -2.26. The summed E-state index contributed by atoms with van der Waals surface area (Å²) >= 11 is 0. The van der Waals surface area contributed by atoms with Crippen LogP contribution in [0.3, 0.4) is 0 Å². The topological polar surface area (TPSA) is 45.5 Å². The van der Waals surface area contributed by atoms with E-state index in [0.717, 1.165) is 5.69 Å². The molecule has 4 heteroatoms. The second-order valence-electron chi connectivity index (χ2n) is 5.40. The van der Waals surface area contributed by atoms with Gasteiger partial charge in [-0.25, -0.2) is 0 Å². The van der Waals surface area contributed by atoms with Crippen molar-refractivity contribution in [3.63, 3.8) is 0 Å². The fourth-order valence-corrected chi connectivity index (χ4v) is 2.37. The maximum Gasteiger partial charge on any atom is 0.223 e. The molecule has 0 atom stereocenters. The molecule has 0 unspecified atom stereocenters. The van der Waals surface area contributed by atoms with Crippen LogP contribution in [0.2, 0.25) is 0 Å². The van der Waals surface area contributed by atoms with Gasteiger partial charge in [-0.2, -0.15) is 0 Å². The molecule has 0 spiro atoms. The summed E-state index contributed by atoms with van der Waals surface area (Å²) in [6.45, 7) is 3.82. The standard InChI is InChI=1S/C18H20N2O2/c1-4-9-20(11-15-8-6-5-7-14(15)2)12-16-10-17(21)18(22)13-19(16)3/h1,5-8,10,13,22H,9,11-12H2,2-3H3. The number of benzene rings is 1. The van der Waals surface area contributed by atoms with Gasteiger partial charge in [0, 0.05) is 38.1 Å². The summed E-state index contributed by atoms with van der Waals surface area (Å²) in [4.78, 5) is 13.7. The number of terminal acetylenes is 1. The highest BCUT2D eigenvalue weighted by Gasteiger charge is 2.10. The Morgan fingerprint density at radius 1 is 1.32 bits per heavy atom. The summed E-state index contributed by atoms with van der Waals surface area (Å²) in [6, 6.07) is 9.62. The summed E-state index contributed by atoms with van der Waals surface area (Å²) < 4.78 is 1.75. The maximum absolute atomic E-state index is 11.6. The molecule has 1 heterocycles. The van der Waals surface area contributed by atoms with Crippen molar-refractivity contribution < 1.29 is 5.11 Å². The molecular weight excluding hydrogens is 276 g/mol. The molecule has 0 aliphatic rings. The van der Waals surface area contributed by atoms with Crippen LogP contribution in [0, 0.1) is 19.3 Å². The van der Waals surface area contributed by atoms with Crippen LogP contribution in [0.15, 0.2) is 41.3 Å². The Hall–Kier alpha value is -2.51. The van der Waals surface area contributed by atoms with Gasteiger partial charge in [-0.05, 0) is 18.1 Å². The van der Waals surface area contributed by atoms with Gasteiger partial charge in [0.15, 0.2) is 5.75 Å². The first-order valence-corrected chi connectivity index (χ1v) is 7.10. The SMILES string of the molecule is C#CCN(Cc1ccccc1C)Cc1cc(=O)c(O)cn1C. The molecule has 1 aromatic heterocycles. The van der Waals surface area contributed by atoms with Gasteiger partial charge in [0.05, 0.1) is 6.54 Å². The van der Waals surface area contributed by atoms with Crippen molar-refractivity contribution in [1.82, 2.24) is 9.47 Å². The number of aryl methyl sites for hydroxylation is 2. The van der Waals surface area contributed by atoms with E-state index in [1.54, 1.807) is 11.6 Å². The zero-order valence-electron chi connectivity index (χ0n) is 12.9. The summed E-state index contributed by atoms with van der Waals surface area (Å²) in [5.74, 6) is 2.42. The molecule has 0 amide bonds. The van der Waals surface area contributed by atoms with E-state index in [4.69, 9.17) is 6.42 Å². The van der Waals surface area contributed by atoms with Gasteiger partial charge in [-0.1, -0.05) is 30.2 Å². The number of aromatic nitrogens is 1. The number of hydrogen-bond acceptors (Lipinski definition) is 3. The van der Waals surface area contributed by atoms with E-state index < -0.39 is 0 Å². The Kier molecular flexibility index (Phi) is 5.03. The summed E-state index contributed by atoms with van der Waals surface area (Å²) in [5, 5.41) is 9.45.